The minimum atomic E-state index is -0.481. The average molecular weight is 309 g/mol. The molecule has 2 unspecified atom stereocenters. The number of nitrogens with two attached hydrogens (primary N) is 1. The van der Waals surface area contributed by atoms with Crippen LogP contribution in [-0.4, -0.2) is 21.7 Å². The Hall–Kier alpha value is -1.85. The summed E-state index contributed by atoms with van der Waals surface area (Å²) in [5.74, 6) is 0.0181. The van der Waals surface area contributed by atoms with Gasteiger partial charge in [-0.05, 0) is 36.2 Å². The third-order valence-corrected chi connectivity index (χ3v) is 3.46. The number of amides is 1. The number of nitrogens with one attached hydrogen (secondary N) is 1. The van der Waals surface area contributed by atoms with Gasteiger partial charge in [0, 0.05) is 18.1 Å². The maximum Gasteiger partial charge on any atom is 0.241 e. The van der Waals surface area contributed by atoms with Crippen molar-refractivity contribution < 1.29 is 4.79 Å². The third kappa shape index (κ3) is 4.31. The number of benzene rings is 1. The Morgan fingerprint density at radius 3 is 2.57 bits per heavy atom. The van der Waals surface area contributed by atoms with E-state index in [9.17, 15) is 4.79 Å². The summed E-state index contributed by atoms with van der Waals surface area (Å²) in [6, 6.07) is 8.87. The molecule has 0 saturated carbocycles. The SMILES string of the molecule is CCC(C)C(N)C(=O)Nc1ccc(-n2cccn2)cc1.Cl. The van der Waals surface area contributed by atoms with Crippen LogP contribution in [0.4, 0.5) is 5.69 Å². The van der Waals surface area contributed by atoms with Crippen molar-refractivity contribution in [3.63, 3.8) is 0 Å². The molecule has 1 amide bonds. The molecule has 6 heteroatoms. The Balaban J connectivity index is 0.00000220. The van der Waals surface area contributed by atoms with E-state index in [0.29, 0.717) is 0 Å². The molecule has 21 heavy (non-hydrogen) atoms. The van der Waals surface area contributed by atoms with Gasteiger partial charge in [0.25, 0.3) is 0 Å². The minimum absolute atomic E-state index is 0. The largest absolute Gasteiger partial charge is 0.325 e. The van der Waals surface area contributed by atoms with Gasteiger partial charge in [-0.1, -0.05) is 20.3 Å². The molecule has 0 aliphatic carbocycles. The summed E-state index contributed by atoms with van der Waals surface area (Å²) in [7, 11) is 0. The summed E-state index contributed by atoms with van der Waals surface area (Å²) in [4.78, 5) is 12.0. The predicted octanol–water partition coefficient (Wildman–Crippen LogP) is 2.61. The van der Waals surface area contributed by atoms with E-state index in [1.165, 1.54) is 0 Å². The van der Waals surface area contributed by atoms with Crippen molar-refractivity contribution in [1.82, 2.24) is 9.78 Å². The van der Waals surface area contributed by atoms with Crippen LogP contribution in [0, 0.1) is 5.92 Å². The van der Waals surface area contributed by atoms with E-state index in [1.807, 2.05) is 50.4 Å². The summed E-state index contributed by atoms with van der Waals surface area (Å²) >= 11 is 0. The van der Waals surface area contributed by atoms with Crippen molar-refractivity contribution in [2.45, 2.75) is 26.3 Å². The summed E-state index contributed by atoms with van der Waals surface area (Å²) < 4.78 is 1.76. The molecule has 0 saturated heterocycles. The standard InChI is InChI=1S/C15H20N4O.ClH/c1-3-11(2)14(16)15(20)18-12-5-7-13(8-6-12)19-10-4-9-17-19;/h4-11,14H,3,16H2,1-2H3,(H,18,20);1H. The highest BCUT2D eigenvalue weighted by atomic mass is 35.5. The number of nitrogens with zero attached hydrogens (tertiary/aromatic N) is 2. The van der Waals surface area contributed by atoms with Gasteiger partial charge in [-0.2, -0.15) is 5.10 Å². The fourth-order valence-corrected chi connectivity index (χ4v) is 1.86. The Bertz CT molecular complexity index is 554. The fourth-order valence-electron chi connectivity index (χ4n) is 1.86. The molecule has 0 radical (unpaired) electrons. The van der Waals surface area contributed by atoms with E-state index in [4.69, 9.17) is 5.73 Å². The topological polar surface area (TPSA) is 72.9 Å². The highest BCUT2D eigenvalue weighted by Crippen LogP contribution is 2.14. The molecule has 2 aromatic rings. The summed E-state index contributed by atoms with van der Waals surface area (Å²) in [6.45, 7) is 4.00. The Morgan fingerprint density at radius 2 is 2.05 bits per heavy atom. The molecule has 1 aromatic carbocycles. The minimum Gasteiger partial charge on any atom is -0.325 e. The van der Waals surface area contributed by atoms with Gasteiger partial charge in [0.1, 0.15) is 0 Å². The second-order valence-electron chi connectivity index (χ2n) is 4.90. The lowest BCUT2D eigenvalue weighted by molar-refractivity contribution is -0.118. The van der Waals surface area contributed by atoms with E-state index < -0.39 is 6.04 Å². The van der Waals surface area contributed by atoms with Crippen molar-refractivity contribution >= 4 is 24.0 Å². The Morgan fingerprint density at radius 1 is 1.38 bits per heavy atom. The summed E-state index contributed by atoms with van der Waals surface area (Å²) in [5.41, 5.74) is 7.58. The summed E-state index contributed by atoms with van der Waals surface area (Å²) in [6.07, 6.45) is 4.47. The molecular formula is C15H21ClN4O. The van der Waals surface area contributed by atoms with Crippen LogP contribution in [0.2, 0.25) is 0 Å². The van der Waals surface area contributed by atoms with Gasteiger partial charge in [0.15, 0.2) is 0 Å². The lowest BCUT2D eigenvalue weighted by Gasteiger charge is -2.17. The summed E-state index contributed by atoms with van der Waals surface area (Å²) in [5, 5.41) is 6.98. The number of carbonyl (C=O) groups excluding carboxylic acids is 1. The quantitative estimate of drug-likeness (QED) is 0.891. The molecular weight excluding hydrogens is 288 g/mol. The van der Waals surface area contributed by atoms with E-state index in [2.05, 4.69) is 10.4 Å². The average Bonchev–Trinajstić information content (AvgIpc) is 3.00. The van der Waals surface area contributed by atoms with Crippen LogP contribution in [0.15, 0.2) is 42.7 Å². The highest BCUT2D eigenvalue weighted by Gasteiger charge is 2.19. The molecule has 1 aromatic heterocycles. The molecule has 2 atom stereocenters. The highest BCUT2D eigenvalue weighted by molar-refractivity contribution is 5.94. The lowest BCUT2D eigenvalue weighted by Crippen LogP contribution is -2.40. The normalized spacial score (nSPS) is 13.1. The van der Waals surface area contributed by atoms with Crippen LogP contribution >= 0.6 is 12.4 Å². The monoisotopic (exact) mass is 308 g/mol. The number of halogens is 1. The maximum absolute atomic E-state index is 12.0. The lowest BCUT2D eigenvalue weighted by atomic mass is 9.99. The molecule has 3 N–H and O–H groups in total. The number of hydrogen-bond acceptors (Lipinski definition) is 3. The van der Waals surface area contributed by atoms with Gasteiger partial charge in [0.05, 0.1) is 11.7 Å². The van der Waals surface area contributed by atoms with Crippen LogP contribution in [0.25, 0.3) is 5.69 Å². The zero-order chi connectivity index (χ0) is 14.5. The van der Waals surface area contributed by atoms with Crippen molar-refractivity contribution in [2.75, 3.05) is 5.32 Å². The Kier molecular flexibility index (Phi) is 6.39. The molecule has 0 aliphatic heterocycles. The van der Waals surface area contributed by atoms with Gasteiger partial charge in [0.2, 0.25) is 5.91 Å². The molecule has 0 fully saturated rings. The number of rotatable bonds is 5. The first-order chi connectivity index (χ1) is 9.61. The van der Waals surface area contributed by atoms with Crippen LogP contribution in [0.1, 0.15) is 20.3 Å². The van der Waals surface area contributed by atoms with Gasteiger partial charge < -0.3 is 11.1 Å². The smallest absolute Gasteiger partial charge is 0.241 e. The van der Waals surface area contributed by atoms with E-state index in [1.54, 1.807) is 10.9 Å². The number of hydrogen-bond donors (Lipinski definition) is 2. The van der Waals surface area contributed by atoms with E-state index in [-0.39, 0.29) is 24.2 Å². The maximum atomic E-state index is 12.0. The van der Waals surface area contributed by atoms with Crippen molar-refractivity contribution in [3.05, 3.63) is 42.7 Å². The van der Waals surface area contributed by atoms with Crippen LogP contribution in [0.5, 0.6) is 0 Å². The van der Waals surface area contributed by atoms with E-state index >= 15 is 0 Å². The first-order valence-electron chi connectivity index (χ1n) is 6.78. The zero-order valence-electron chi connectivity index (χ0n) is 12.2. The zero-order valence-corrected chi connectivity index (χ0v) is 13.0. The van der Waals surface area contributed by atoms with Crippen molar-refractivity contribution in [3.8, 4) is 5.69 Å². The number of anilines is 1. The third-order valence-electron chi connectivity index (χ3n) is 3.46. The molecule has 2 rings (SSSR count). The molecule has 114 valence electrons. The molecule has 0 spiro atoms. The molecule has 5 nitrogen and oxygen atoms in total. The molecule has 0 aliphatic rings. The first kappa shape index (κ1) is 17.2. The van der Waals surface area contributed by atoms with Crippen LogP contribution < -0.4 is 11.1 Å². The fraction of sp³-hybridized carbons (Fsp3) is 0.333. The van der Waals surface area contributed by atoms with Crippen molar-refractivity contribution in [1.29, 1.82) is 0 Å². The van der Waals surface area contributed by atoms with Crippen molar-refractivity contribution in [2.24, 2.45) is 11.7 Å². The molecule has 1 heterocycles. The van der Waals surface area contributed by atoms with Gasteiger partial charge >= 0.3 is 0 Å². The Labute approximate surface area is 130 Å². The van der Waals surface area contributed by atoms with Gasteiger partial charge in [-0.15, -0.1) is 12.4 Å². The van der Waals surface area contributed by atoms with Gasteiger partial charge in [-0.3, -0.25) is 4.79 Å². The second-order valence-corrected chi connectivity index (χ2v) is 4.90. The first-order valence-corrected chi connectivity index (χ1v) is 6.78. The number of carbonyl (C=O) groups is 1. The molecule has 0 bridgehead atoms. The number of aromatic nitrogens is 2. The van der Waals surface area contributed by atoms with E-state index in [0.717, 1.165) is 17.8 Å². The second kappa shape index (κ2) is 7.81. The van der Waals surface area contributed by atoms with Crippen LogP contribution in [0.3, 0.4) is 0 Å². The van der Waals surface area contributed by atoms with Gasteiger partial charge in [-0.25, -0.2) is 4.68 Å². The predicted molar refractivity (Wildman–Crippen MR) is 86.9 cm³/mol. The van der Waals surface area contributed by atoms with Crippen LogP contribution in [-0.2, 0) is 4.79 Å².